The highest BCUT2D eigenvalue weighted by atomic mass is 14.2. The van der Waals surface area contributed by atoms with E-state index >= 15 is 0 Å². The molecule has 0 heterocycles. The second-order valence-electron chi connectivity index (χ2n) is 3.60. The Labute approximate surface area is 58.0 Å². The Morgan fingerprint density at radius 3 is 2.44 bits per heavy atom. The van der Waals surface area contributed by atoms with Crippen molar-refractivity contribution in [1.29, 1.82) is 0 Å². The van der Waals surface area contributed by atoms with Crippen molar-refractivity contribution >= 4 is 0 Å². The molecule has 1 radical (unpaired) electrons. The molecule has 0 fully saturated rings. The molecule has 0 saturated carbocycles. The lowest BCUT2D eigenvalue weighted by Crippen LogP contribution is -2.14. The fourth-order valence-corrected chi connectivity index (χ4v) is 1.05. The lowest BCUT2D eigenvalue weighted by atomic mass is 9.79. The van der Waals surface area contributed by atoms with Crippen molar-refractivity contribution in [2.45, 2.75) is 27.2 Å². The van der Waals surface area contributed by atoms with Crippen LogP contribution in [0.1, 0.15) is 27.2 Å². The van der Waals surface area contributed by atoms with Gasteiger partial charge in [0.2, 0.25) is 0 Å². The highest BCUT2D eigenvalue weighted by Gasteiger charge is 2.18. The van der Waals surface area contributed by atoms with Gasteiger partial charge in [-0.25, -0.2) is 0 Å². The van der Waals surface area contributed by atoms with E-state index < -0.39 is 0 Å². The zero-order chi connectivity index (χ0) is 6.91. The first-order chi connectivity index (χ1) is 4.10. The minimum absolute atomic E-state index is 0.354. The summed E-state index contributed by atoms with van der Waals surface area (Å²) in [6.45, 7) is 6.74. The lowest BCUT2D eigenvalue weighted by Gasteiger charge is -2.26. The van der Waals surface area contributed by atoms with Gasteiger partial charge in [-0.2, -0.15) is 0 Å². The normalized spacial score (nSPS) is 32.6. The summed E-state index contributed by atoms with van der Waals surface area (Å²) in [5, 5.41) is 0. The summed E-state index contributed by atoms with van der Waals surface area (Å²) in [7, 11) is 0. The van der Waals surface area contributed by atoms with Gasteiger partial charge in [-0.1, -0.05) is 32.9 Å². The molecule has 0 spiro atoms. The van der Waals surface area contributed by atoms with Gasteiger partial charge >= 0.3 is 0 Å². The Morgan fingerprint density at radius 1 is 1.44 bits per heavy atom. The molecular weight excluding hydrogens is 108 g/mol. The van der Waals surface area contributed by atoms with Crippen molar-refractivity contribution in [1.82, 2.24) is 0 Å². The van der Waals surface area contributed by atoms with E-state index in [0.29, 0.717) is 5.41 Å². The topological polar surface area (TPSA) is 0 Å². The third kappa shape index (κ3) is 1.85. The maximum Gasteiger partial charge on any atom is -0.0143 e. The van der Waals surface area contributed by atoms with Gasteiger partial charge in [0.25, 0.3) is 0 Å². The largest absolute Gasteiger partial charge is 0.0851 e. The predicted molar refractivity (Wildman–Crippen MR) is 41.0 cm³/mol. The molecule has 0 N–H and O–H groups in total. The highest BCUT2D eigenvalue weighted by molar-refractivity contribution is 5.09. The van der Waals surface area contributed by atoms with Crippen LogP contribution in [0.5, 0.6) is 0 Å². The minimum Gasteiger partial charge on any atom is -0.0851 e. The lowest BCUT2D eigenvalue weighted by molar-refractivity contribution is 0.481. The molecular formula is C9H15. The second kappa shape index (κ2) is 2.17. The average molecular weight is 123 g/mol. The summed E-state index contributed by atoms with van der Waals surface area (Å²) < 4.78 is 0. The molecule has 1 aliphatic carbocycles. The average Bonchev–Trinajstić information content (AvgIpc) is 1.78. The summed E-state index contributed by atoms with van der Waals surface area (Å²) in [6.07, 6.45) is 8.22. The van der Waals surface area contributed by atoms with Gasteiger partial charge in [0, 0.05) is 0 Å². The summed E-state index contributed by atoms with van der Waals surface area (Å²) in [5.41, 5.74) is 0.354. The molecule has 0 saturated heterocycles. The molecule has 0 amide bonds. The number of hydrogen-bond donors (Lipinski definition) is 0. The van der Waals surface area contributed by atoms with E-state index in [1.165, 1.54) is 6.42 Å². The van der Waals surface area contributed by atoms with Crippen LogP contribution in [0.15, 0.2) is 12.2 Å². The van der Waals surface area contributed by atoms with E-state index in [1.807, 2.05) is 0 Å². The molecule has 0 aromatic rings. The SMILES string of the molecule is CC1C=CC(C)(C)[CH]C1. The fraction of sp³-hybridized carbons (Fsp3) is 0.667. The van der Waals surface area contributed by atoms with Crippen molar-refractivity contribution in [2.24, 2.45) is 11.3 Å². The zero-order valence-electron chi connectivity index (χ0n) is 6.52. The summed E-state index contributed by atoms with van der Waals surface area (Å²) in [4.78, 5) is 0. The van der Waals surface area contributed by atoms with Gasteiger partial charge in [0.15, 0.2) is 0 Å². The van der Waals surface area contributed by atoms with E-state index in [2.05, 4.69) is 39.3 Å². The Morgan fingerprint density at radius 2 is 2.11 bits per heavy atom. The van der Waals surface area contributed by atoms with Crippen LogP contribution >= 0.6 is 0 Å². The van der Waals surface area contributed by atoms with Crippen LogP contribution in [0.3, 0.4) is 0 Å². The summed E-state index contributed by atoms with van der Waals surface area (Å²) >= 11 is 0. The molecule has 0 nitrogen and oxygen atoms in total. The maximum atomic E-state index is 2.39. The third-order valence-electron chi connectivity index (χ3n) is 1.87. The van der Waals surface area contributed by atoms with Crippen molar-refractivity contribution in [3.05, 3.63) is 18.6 Å². The van der Waals surface area contributed by atoms with Crippen LogP contribution in [0.4, 0.5) is 0 Å². The van der Waals surface area contributed by atoms with Crippen LogP contribution < -0.4 is 0 Å². The van der Waals surface area contributed by atoms with E-state index in [0.717, 1.165) is 5.92 Å². The van der Waals surface area contributed by atoms with Crippen LogP contribution in [-0.4, -0.2) is 0 Å². The first-order valence-electron chi connectivity index (χ1n) is 3.64. The van der Waals surface area contributed by atoms with Gasteiger partial charge in [-0.05, 0) is 24.2 Å². The van der Waals surface area contributed by atoms with Crippen LogP contribution in [-0.2, 0) is 0 Å². The Hall–Kier alpha value is -0.260. The summed E-state index contributed by atoms with van der Waals surface area (Å²) in [5.74, 6) is 0.762. The molecule has 51 valence electrons. The Bertz CT molecular complexity index is 120. The Kier molecular flexibility index (Phi) is 1.65. The highest BCUT2D eigenvalue weighted by Crippen LogP contribution is 2.30. The smallest absolute Gasteiger partial charge is 0.0143 e. The molecule has 0 aromatic carbocycles. The number of allylic oxidation sites excluding steroid dienone is 2. The van der Waals surface area contributed by atoms with Crippen molar-refractivity contribution in [3.8, 4) is 0 Å². The first kappa shape index (κ1) is 6.85. The molecule has 0 bridgehead atoms. The van der Waals surface area contributed by atoms with Crippen LogP contribution in [0.25, 0.3) is 0 Å². The van der Waals surface area contributed by atoms with Crippen molar-refractivity contribution < 1.29 is 0 Å². The third-order valence-corrected chi connectivity index (χ3v) is 1.87. The van der Waals surface area contributed by atoms with Gasteiger partial charge in [0.05, 0.1) is 0 Å². The molecule has 1 atom stereocenters. The van der Waals surface area contributed by atoms with Gasteiger partial charge < -0.3 is 0 Å². The van der Waals surface area contributed by atoms with Crippen molar-refractivity contribution in [2.75, 3.05) is 0 Å². The summed E-state index contributed by atoms with van der Waals surface area (Å²) in [6, 6.07) is 0. The van der Waals surface area contributed by atoms with Gasteiger partial charge in [-0.15, -0.1) is 0 Å². The monoisotopic (exact) mass is 123 g/mol. The van der Waals surface area contributed by atoms with E-state index in [1.54, 1.807) is 0 Å². The molecule has 0 heteroatoms. The predicted octanol–water partition coefficient (Wildman–Crippen LogP) is 2.81. The van der Waals surface area contributed by atoms with E-state index in [-0.39, 0.29) is 0 Å². The standard InChI is InChI=1S/C9H15/c1-8-4-6-9(2,3)7-5-8/h4,6-8H,5H2,1-3H3. The molecule has 0 aliphatic heterocycles. The van der Waals surface area contributed by atoms with Gasteiger partial charge in [-0.3, -0.25) is 0 Å². The molecule has 1 unspecified atom stereocenters. The maximum absolute atomic E-state index is 2.39. The number of rotatable bonds is 0. The van der Waals surface area contributed by atoms with E-state index in [4.69, 9.17) is 0 Å². The molecule has 1 rings (SSSR count). The molecule has 1 aliphatic rings. The van der Waals surface area contributed by atoms with Gasteiger partial charge in [0.1, 0.15) is 0 Å². The fourth-order valence-electron chi connectivity index (χ4n) is 1.05. The quantitative estimate of drug-likeness (QED) is 0.434. The Balaban J connectivity index is 2.58. The zero-order valence-corrected chi connectivity index (χ0v) is 6.52. The van der Waals surface area contributed by atoms with Crippen LogP contribution in [0, 0.1) is 17.8 Å². The minimum atomic E-state index is 0.354. The van der Waals surface area contributed by atoms with E-state index in [9.17, 15) is 0 Å². The van der Waals surface area contributed by atoms with Crippen molar-refractivity contribution in [3.63, 3.8) is 0 Å². The number of hydrogen-bond acceptors (Lipinski definition) is 0. The second-order valence-corrected chi connectivity index (χ2v) is 3.60. The molecule has 0 aromatic heterocycles. The first-order valence-corrected chi connectivity index (χ1v) is 3.64. The van der Waals surface area contributed by atoms with Crippen LogP contribution in [0.2, 0.25) is 0 Å². The molecule has 9 heavy (non-hydrogen) atoms.